The van der Waals surface area contributed by atoms with Gasteiger partial charge in [-0.3, -0.25) is 0 Å². The number of hydrogen-bond donors (Lipinski definition) is 0. The molecule has 1 aromatic carbocycles. The van der Waals surface area contributed by atoms with E-state index in [2.05, 4.69) is 16.4 Å². The lowest BCUT2D eigenvalue weighted by Crippen LogP contribution is -1.86. The van der Waals surface area contributed by atoms with Gasteiger partial charge in [0.2, 0.25) is 0 Å². The fraction of sp³-hybridized carbons (Fsp3) is 0.286. The summed E-state index contributed by atoms with van der Waals surface area (Å²) in [5.74, 6) is 0.874. The summed E-state index contributed by atoms with van der Waals surface area (Å²) in [5.41, 5.74) is 2.74. The van der Waals surface area contributed by atoms with Gasteiger partial charge in [-0.1, -0.05) is 12.1 Å². The maximum Gasteiger partial charge on any atom is 0.0991 e. The van der Waals surface area contributed by atoms with Crippen LogP contribution < -0.4 is 0 Å². The van der Waals surface area contributed by atoms with E-state index in [1.54, 1.807) is 11.3 Å². The lowest BCUT2D eigenvalue weighted by molar-refractivity contribution is 0.825. The molecule has 0 saturated heterocycles. The molecule has 0 unspecified atom stereocenters. The van der Waals surface area contributed by atoms with Gasteiger partial charge in [0.05, 0.1) is 22.3 Å². The minimum atomic E-state index is 0.694. The van der Waals surface area contributed by atoms with Crippen LogP contribution in [0, 0.1) is 17.2 Å². The average Bonchev–Trinajstić information content (AvgIpc) is 3.05. The highest BCUT2D eigenvalue weighted by Gasteiger charge is 2.22. The molecule has 0 radical (unpaired) electrons. The smallest absolute Gasteiger partial charge is 0.0991 e. The van der Waals surface area contributed by atoms with Gasteiger partial charge in [0, 0.05) is 17.4 Å². The second-order valence-corrected chi connectivity index (χ2v) is 5.41. The molecule has 0 bridgehead atoms. The third kappa shape index (κ3) is 2.37. The van der Waals surface area contributed by atoms with Crippen molar-refractivity contribution >= 4 is 11.3 Å². The Balaban J connectivity index is 1.86. The Labute approximate surface area is 105 Å². The van der Waals surface area contributed by atoms with E-state index in [1.807, 2.05) is 24.3 Å². The number of thiazole rings is 1. The van der Waals surface area contributed by atoms with E-state index in [0.717, 1.165) is 23.6 Å². The molecule has 3 heteroatoms. The molecule has 1 aromatic heterocycles. The zero-order valence-electron chi connectivity index (χ0n) is 9.39. The molecule has 17 heavy (non-hydrogen) atoms. The molecule has 0 atom stereocenters. The zero-order chi connectivity index (χ0) is 11.7. The van der Waals surface area contributed by atoms with Crippen LogP contribution in [0.15, 0.2) is 29.6 Å². The second-order valence-electron chi connectivity index (χ2n) is 4.47. The summed E-state index contributed by atoms with van der Waals surface area (Å²) >= 11 is 1.73. The molecule has 0 aliphatic heterocycles. The first-order valence-electron chi connectivity index (χ1n) is 5.80. The van der Waals surface area contributed by atoms with Crippen LogP contribution in [0.5, 0.6) is 0 Å². The number of nitrogens with zero attached hydrogens (tertiary/aromatic N) is 2. The highest BCUT2D eigenvalue weighted by molar-refractivity contribution is 7.09. The van der Waals surface area contributed by atoms with Crippen LogP contribution in [0.4, 0.5) is 0 Å². The average molecular weight is 240 g/mol. The van der Waals surface area contributed by atoms with Gasteiger partial charge < -0.3 is 0 Å². The SMILES string of the molecule is N#Cc1cccc(-c2csc(CC3CC3)n2)c1. The molecule has 0 N–H and O–H groups in total. The largest absolute Gasteiger partial charge is 0.241 e. The van der Waals surface area contributed by atoms with Gasteiger partial charge in [-0.2, -0.15) is 5.26 Å². The van der Waals surface area contributed by atoms with Gasteiger partial charge in [0.25, 0.3) is 0 Å². The number of benzene rings is 1. The van der Waals surface area contributed by atoms with Crippen LogP contribution in [0.2, 0.25) is 0 Å². The lowest BCUT2D eigenvalue weighted by atomic mass is 10.1. The van der Waals surface area contributed by atoms with E-state index in [9.17, 15) is 0 Å². The molecule has 2 nitrogen and oxygen atoms in total. The van der Waals surface area contributed by atoms with E-state index in [4.69, 9.17) is 5.26 Å². The summed E-state index contributed by atoms with van der Waals surface area (Å²) in [6.45, 7) is 0. The molecule has 1 aliphatic rings. The Morgan fingerprint density at radius 2 is 2.29 bits per heavy atom. The van der Waals surface area contributed by atoms with Gasteiger partial charge >= 0.3 is 0 Å². The fourth-order valence-electron chi connectivity index (χ4n) is 1.85. The Hall–Kier alpha value is -1.66. The molecule has 1 aliphatic carbocycles. The molecule has 0 spiro atoms. The normalized spacial score (nSPS) is 14.5. The van der Waals surface area contributed by atoms with E-state index in [1.165, 1.54) is 17.8 Å². The van der Waals surface area contributed by atoms with Crippen LogP contribution in [0.25, 0.3) is 11.3 Å². The third-order valence-electron chi connectivity index (χ3n) is 3.00. The molecule has 0 amide bonds. The summed E-state index contributed by atoms with van der Waals surface area (Å²) < 4.78 is 0. The standard InChI is InChI=1S/C14H12N2S/c15-8-11-2-1-3-12(6-11)13-9-17-14(16-13)7-10-4-5-10/h1-3,6,9-10H,4-5,7H2. The summed E-state index contributed by atoms with van der Waals surface area (Å²) in [6, 6.07) is 9.80. The van der Waals surface area contributed by atoms with Crippen molar-refractivity contribution < 1.29 is 0 Å². The highest BCUT2D eigenvalue weighted by atomic mass is 32.1. The summed E-state index contributed by atoms with van der Waals surface area (Å²) in [6.07, 6.45) is 3.85. The Morgan fingerprint density at radius 3 is 3.06 bits per heavy atom. The topological polar surface area (TPSA) is 36.7 Å². The van der Waals surface area contributed by atoms with Gasteiger partial charge in [-0.05, 0) is 30.9 Å². The van der Waals surface area contributed by atoms with Crippen molar-refractivity contribution in [2.24, 2.45) is 5.92 Å². The van der Waals surface area contributed by atoms with Crippen molar-refractivity contribution in [1.82, 2.24) is 4.98 Å². The van der Waals surface area contributed by atoms with E-state index >= 15 is 0 Å². The van der Waals surface area contributed by atoms with Crippen molar-refractivity contribution in [2.45, 2.75) is 19.3 Å². The van der Waals surface area contributed by atoms with Crippen LogP contribution in [-0.2, 0) is 6.42 Å². The van der Waals surface area contributed by atoms with Crippen molar-refractivity contribution in [2.75, 3.05) is 0 Å². The Morgan fingerprint density at radius 1 is 1.41 bits per heavy atom. The van der Waals surface area contributed by atoms with Crippen molar-refractivity contribution in [1.29, 1.82) is 5.26 Å². The molecule has 84 valence electrons. The van der Waals surface area contributed by atoms with E-state index in [0.29, 0.717) is 5.56 Å². The molecule has 2 aromatic rings. The quantitative estimate of drug-likeness (QED) is 0.821. The maximum absolute atomic E-state index is 8.87. The second kappa shape index (κ2) is 4.31. The predicted octanol–water partition coefficient (Wildman–Crippen LogP) is 3.63. The monoisotopic (exact) mass is 240 g/mol. The van der Waals surface area contributed by atoms with Crippen LogP contribution in [-0.4, -0.2) is 4.98 Å². The van der Waals surface area contributed by atoms with Crippen molar-refractivity contribution in [3.05, 3.63) is 40.2 Å². The first kappa shape index (κ1) is 10.5. The molecule has 1 fully saturated rings. The van der Waals surface area contributed by atoms with Gasteiger partial charge in [-0.25, -0.2) is 4.98 Å². The Bertz CT molecular complexity index is 576. The molecule has 1 saturated carbocycles. The molecule has 3 rings (SSSR count). The fourth-order valence-corrected chi connectivity index (χ4v) is 2.77. The molecular weight excluding hydrogens is 228 g/mol. The van der Waals surface area contributed by atoms with Gasteiger partial charge in [-0.15, -0.1) is 11.3 Å². The minimum absolute atomic E-state index is 0.694. The first-order valence-corrected chi connectivity index (χ1v) is 6.68. The number of hydrogen-bond acceptors (Lipinski definition) is 3. The van der Waals surface area contributed by atoms with Crippen LogP contribution >= 0.6 is 11.3 Å². The van der Waals surface area contributed by atoms with Crippen LogP contribution in [0.3, 0.4) is 0 Å². The molecular formula is C14H12N2S. The third-order valence-corrected chi connectivity index (χ3v) is 3.87. The summed E-state index contributed by atoms with van der Waals surface area (Å²) in [5, 5.41) is 12.2. The van der Waals surface area contributed by atoms with E-state index in [-0.39, 0.29) is 0 Å². The van der Waals surface area contributed by atoms with E-state index < -0.39 is 0 Å². The first-order chi connectivity index (χ1) is 8.35. The predicted molar refractivity (Wildman–Crippen MR) is 68.7 cm³/mol. The van der Waals surface area contributed by atoms with Gasteiger partial charge in [0.1, 0.15) is 0 Å². The number of rotatable bonds is 3. The summed E-state index contributed by atoms with van der Waals surface area (Å²) in [4.78, 5) is 4.65. The van der Waals surface area contributed by atoms with Crippen molar-refractivity contribution in [3.8, 4) is 17.3 Å². The zero-order valence-corrected chi connectivity index (χ0v) is 10.2. The molecule has 1 heterocycles. The Kier molecular flexibility index (Phi) is 2.66. The lowest BCUT2D eigenvalue weighted by Gasteiger charge is -1.96. The summed E-state index contributed by atoms with van der Waals surface area (Å²) in [7, 11) is 0. The minimum Gasteiger partial charge on any atom is -0.241 e. The van der Waals surface area contributed by atoms with Crippen LogP contribution in [0.1, 0.15) is 23.4 Å². The highest BCUT2D eigenvalue weighted by Crippen LogP contribution is 2.34. The van der Waals surface area contributed by atoms with Crippen molar-refractivity contribution in [3.63, 3.8) is 0 Å². The number of aromatic nitrogens is 1. The maximum atomic E-state index is 8.87. The number of nitriles is 1. The van der Waals surface area contributed by atoms with Gasteiger partial charge in [0.15, 0.2) is 0 Å².